The molecule has 0 aliphatic heterocycles. The van der Waals surface area contributed by atoms with E-state index in [1.165, 1.54) is 24.5 Å². The summed E-state index contributed by atoms with van der Waals surface area (Å²) >= 11 is 0. The Labute approximate surface area is 118 Å². The van der Waals surface area contributed by atoms with Crippen molar-refractivity contribution in [3.05, 3.63) is 59.0 Å². The largest absolute Gasteiger partial charge is 0.463 e. The highest BCUT2D eigenvalue weighted by molar-refractivity contribution is 5.87. The first-order chi connectivity index (χ1) is 9.61. The van der Waals surface area contributed by atoms with E-state index >= 15 is 0 Å². The van der Waals surface area contributed by atoms with E-state index < -0.39 is 5.97 Å². The van der Waals surface area contributed by atoms with E-state index in [9.17, 15) is 4.79 Å². The summed E-state index contributed by atoms with van der Waals surface area (Å²) in [7, 11) is 1.34. The molecule has 0 aliphatic rings. The Kier molecular flexibility index (Phi) is 4.58. The highest BCUT2D eigenvalue weighted by Crippen LogP contribution is 2.16. The number of furan rings is 1. The second-order valence-electron chi connectivity index (χ2n) is 4.78. The van der Waals surface area contributed by atoms with Crippen LogP contribution < -0.4 is 5.32 Å². The van der Waals surface area contributed by atoms with Gasteiger partial charge in [-0.1, -0.05) is 29.8 Å². The van der Waals surface area contributed by atoms with Crippen LogP contribution in [0.2, 0.25) is 0 Å². The van der Waals surface area contributed by atoms with Gasteiger partial charge in [0.2, 0.25) is 5.76 Å². The second kappa shape index (κ2) is 6.39. The lowest BCUT2D eigenvalue weighted by atomic mass is 10.1. The molecule has 1 N–H and O–H groups in total. The zero-order valence-corrected chi connectivity index (χ0v) is 12.0. The number of nitrogens with one attached hydrogen (secondary N) is 1. The first kappa shape index (κ1) is 14.3. The van der Waals surface area contributed by atoms with E-state index in [1.807, 2.05) is 6.07 Å². The number of hydrogen-bond acceptors (Lipinski definition) is 4. The van der Waals surface area contributed by atoms with Crippen molar-refractivity contribution in [1.82, 2.24) is 5.32 Å². The number of benzene rings is 1. The number of methoxy groups -OCH3 is 1. The van der Waals surface area contributed by atoms with Crippen LogP contribution in [0.15, 0.2) is 41.0 Å². The summed E-state index contributed by atoms with van der Waals surface area (Å²) in [5, 5.41) is 3.38. The number of rotatable bonds is 5. The van der Waals surface area contributed by atoms with Crippen LogP contribution in [0.5, 0.6) is 0 Å². The molecule has 1 aromatic carbocycles. The third kappa shape index (κ3) is 3.27. The van der Waals surface area contributed by atoms with E-state index in [0.717, 1.165) is 5.56 Å². The standard InChI is InChI=1S/C16H19NO3/c1-11-5-4-6-13(9-11)12(2)17-10-14-7-8-20-15(14)16(18)19-3/h4-9,12,17H,10H2,1-3H3/t12-/m1/s1. The molecule has 0 bridgehead atoms. The number of carbonyl (C=O) groups excluding carboxylic acids is 1. The minimum Gasteiger partial charge on any atom is -0.463 e. The van der Waals surface area contributed by atoms with Crippen LogP contribution in [0.4, 0.5) is 0 Å². The monoisotopic (exact) mass is 273 g/mol. The first-order valence-electron chi connectivity index (χ1n) is 6.56. The van der Waals surface area contributed by atoms with Gasteiger partial charge in [-0.15, -0.1) is 0 Å². The van der Waals surface area contributed by atoms with Gasteiger partial charge in [-0.2, -0.15) is 0 Å². The summed E-state index contributed by atoms with van der Waals surface area (Å²) in [6, 6.07) is 10.3. The van der Waals surface area contributed by atoms with Gasteiger partial charge >= 0.3 is 5.97 Å². The van der Waals surface area contributed by atoms with Gasteiger partial charge in [0, 0.05) is 18.2 Å². The molecule has 0 saturated heterocycles. The molecule has 0 saturated carbocycles. The highest BCUT2D eigenvalue weighted by Gasteiger charge is 2.16. The van der Waals surface area contributed by atoms with Gasteiger partial charge in [0.05, 0.1) is 13.4 Å². The molecule has 1 aromatic heterocycles. The van der Waals surface area contributed by atoms with Crippen molar-refractivity contribution in [3.8, 4) is 0 Å². The molecule has 2 aromatic rings. The molecule has 0 fully saturated rings. The van der Waals surface area contributed by atoms with Crippen LogP contribution in [0, 0.1) is 6.92 Å². The van der Waals surface area contributed by atoms with Crippen molar-refractivity contribution >= 4 is 5.97 Å². The summed E-state index contributed by atoms with van der Waals surface area (Å²) in [4.78, 5) is 11.5. The number of hydrogen-bond donors (Lipinski definition) is 1. The fraction of sp³-hybridized carbons (Fsp3) is 0.312. The normalized spacial score (nSPS) is 12.2. The third-order valence-corrected chi connectivity index (χ3v) is 3.26. The van der Waals surface area contributed by atoms with Gasteiger partial charge in [-0.05, 0) is 25.5 Å². The van der Waals surface area contributed by atoms with E-state index in [4.69, 9.17) is 4.42 Å². The maximum Gasteiger partial charge on any atom is 0.374 e. The molecule has 20 heavy (non-hydrogen) atoms. The second-order valence-corrected chi connectivity index (χ2v) is 4.78. The Morgan fingerprint density at radius 3 is 2.90 bits per heavy atom. The molecular formula is C16H19NO3. The van der Waals surface area contributed by atoms with Crippen LogP contribution in [0.25, 0.3) is 0 Å². The maximum absolute atomic E-state index is 11.5. The Morgan fingerprint density at radius 2 is 2.20 bits per heavy atom. The fourth-order valence-corrected chi connectivity index (χ4v) is 2.07. The Balaban J connectivity index is 2.02. The van der Waals surface area contributed by atoms with E-state index in [2.05, 4.69) is 42.1 Å². The number of ether oxygens (including phenoxy) is 1. The zero-order valence-electron chi connectivity index (χ0n) is 12.0. The van der Waals surface area contributed by atoms with Gasteiger partial charge < -0.3 is 14.5 Å². The lowest BCUT2D eigenvalue weighted by Gasteiger charge is -2.14. The van der Waals surface area contributed by atoms with Crippen LogP contribution >= 0.6 is 0 Å². The predicted octanol–water partition coefficient (Wildman–Crippen LogP) is 3.23. The van der Waals surface area contributed by atoms with Gasteiger partial charge in [-0.3, -0.25) is 0 Å². The average molecular weight is 273 g/mol. The van der Waals surface area contributed by atoms with Crippen molar-refractivity contribution in [2.45, 2.75) is 26.4 Å². The molecule has 106 valence electrons. The molecule has 0 unspecified atom stereocenters. The number of esters is 1. The minimum atomic E-state index is -0.449. The molecule has 4 nitrogen and oxygen atoms in total. The molecule has 2 rings (SSSR count). The first-order valence-corrected chi connectivity index (χ1v) is 6.56. The van der Waals surface area contributed by atoms with Crippen LogP contribution in [0.1, 0.15) is 40.2 Å². The lowest BCUT2D eigenvalue weighted by Crippen LogP contribution is -2.19. The van der Waals surface area contributed by atoms with Crippen molar-refractivity contribution in [3.63, 3.8) is 0 Å². The SMILES string of the molecule is COC(=O)c1occc1CN[C@H](C)c1cccc(C)c1. The number of aryl methyl sites for hydroxylation is 1. The molecular weight excluding hydrogens is 254 g/mol. The summed E-state index contributed by atoms with van der Waals surface area (Å²) < 4.78 is 9.84. The topological polar surface area (TPSA) is 51.5 Å². The summed E-state index contributed by atoms with van der Waals surface area (Å²) in [6.07, 6.45) is 1.50. The smallest absolute Gasteiger partial charge is 0.374 e. The van der Waals surface area contributed by atoms with Crippen LogP contribution in [-0.4, -0.2) is 13.1 Å². The molecule has 0 aliphatic carbocycles. The van der Waals surface area contributed by atoms with Gasteiger partial charge in [0.1, 0.15) is 0 Å². The predicted molar refractivity (Wildman–Crippen MR) is 76.5 cm³/mol. The Hall–Kier alpha value is -2.07. The van der Waals surface area contributed by atoms with Crippen molar-refractivity contribution in [1.29, 1.82) is 0 Å². The van der Waals surface area contributed by atoms with Crippen molar-refractivity contribution < 1.29 is 13.9 Å². The fourth-order valence-electron chi connectivity index (χ4n) is 2.07. The van der Waals surface area contributed by atoms with Crippen LogP contribution in [0.3, 0.4) is 0 Å². The van der Waals surface area contributed by atoms with Crippen molar-refractivity contribution in [2.75, 3.05) is 7.11 Å². The highest BCUT2D eigenvalue weighted by atomic mass is 16.5. The summed E-state index contributed by atoms with van der Waals surface area (Å²) in [5.41, 5.74) is 3.25. The third-order valence-electron chi connectivity index (χ3n) is 3.26. The Bertz CT molecular complexity index is 589. The van der Waals surface area contributed by atoms with E-state index in [0.29, 0.717) is 6.54 Å². The zero-order chi connectivity index (χ0) is 14.5. The van der Waals surface area contributed by atoms with E-state index in [-0.39, 0.29) is 11.8 Å². The van der Waals surface area contributed by atoms with Gasteiger partial charge in [-0.25, -0.2) is 4.79 Å². The van der Waals surface area contributed by atoms with Crippen molar-refractivity contribution in [2.24, 2.45) is 0 Å². The van der Waals surface area contributed by atoms with E-state index in [1.54, 1.807) is 6.07 Å². The quantitative estimate of drug-likeness (QED) is 0.850. The number of carbonyl (C=O) groups is 1. The molecule has 1 heterocycles. The van der Waals surface area contributed by atoms with Crippen LogP contribution in [-0.2, 0) is 11.3 Å². The molecule has 4 heteroatoms. The van der Waals surface area contributed by atoms with Gasteiger partial charge in [0.15, 0.2) is 0 Å². The molecule has 0 radical (unpaired) electrons. The van der Waals surface area contributed by atoms with Gasteiger partial charge in [0.25, 0.3) is 0 Å². The molecule has 0 spiro atoms. The summed E-state index contributed by atoms with van der Waals surface area (Å²) in [6.45, 7) is 4.71. The summed E-state index contributed by atoms with van der Waals surface area (Å²) in [5.74, 6) is -0.188. The average Bonchev–Trinajstić information content (AvgIpc) is 2.92. The lowest BCUT2D eigenvalue weighted by molar-refractivity contribution is 0.0563. The maximum atomic E-state index is 11.5. The molecule has 0 amide bonds. The molecule has 1 atom stereocenters. The minimum absolute atomic E-state index is 0.190. The Morgan fingerprint density at radius 1 is 1.40 bits per heavy atom.